The summed E-state index contributed by atoms with van der Waals surface area (Å²) in [5, 5.41) is 3.57. The Hall–Kier alpha value is -2.83. The first-order valence-electron chi connectivity index (χ1n) is 8.89. The summed E-state index contributed by atoms with van der Waals surface area (Å²) >= 11 is 3.11. The van der Waals surface area contributed by atoms with E-state index in [1.807, 2.05) is 67.8 Å². The largest absolute Gasteiger partial charge is 0.274 e. The van der Waals surface area contributed by atoms with Crippen LogP contribution in [0.15, 0.2) is 47.8 Å². The number of carbonyl (C=O) groups excluding carboxylic acids is 1. The van der Waals surface area contributed by atoms with Crippen LogP contribution < -0.4 is 4.90 Å². The first-order valence-corrected chi connectivity index (χ1v) is 10.6. The van der Waals surface area contributed by atoms with Crippen LogP contribution >= 0.6 is 22.7 Å². The number of hydrogen-bond donors (Lipinski definition) is 0. The summed E-state index contributed by atoms with van der Waals surface area (Å²) in [5.41, 5.74) is 4.93. The number of rotatable bonds is 4. The van der Waals surface area contributed by atoms with Crippen LogP contribution in [-0.2, 0) is 4.79 Å². The number of nitrogens with zero attached hydrogens (tertiary/aromatic N) is 3. The van der Waals surface area contributed by atoms with Crippen LogP contribution in [0.25, 0.3) is 22.4 Å². The zero-order valence-electron chi connectivity index (χ0n) is 15.8. The lowest BCUT2D eigenvalue weighted by atomic mass is 10.1. The Morgan fingerprint density at radius 1 is 1.04 bits per heavy atom. The van der Waals surface area contributed by atoms with Crippen molar-refractivity contribution in [3.8, 4) is 0 Å². The standard InChI is InChI=1S/C22H19N3OS2/c1-14-7-6-9-19(15(14)2)25(16(3)26)22-23-17(13-27-22)11-12-21-24-18-8-4-5-10-20(18)28-21/h4-13H,1-3H3/b12-11+. The molecule has 0 aliphatic rings. The molecule has 2 aromatic heterocycles. The second-order valence-electron chi connectivity index (χ2n) is 6.48. The second-order valence-corrected chi connectivity index (χ2v) is 8.38. The summed E-state index contributed by atoms with van der Waals surface area (Å²) in [7, 11) is 0. The molecule has 4 nitrogen and oxygen atoms in total. The number of amides is 1. The molecule has 0 fully saturated rings. The molecule has 140 valence electrons. The molecule has 0 radical (unpaired) electrons. The van der Waals surface area contributed by atoms with E-state index in [1.165, 1.54) is 16.0 Å². The van der Waals surface area contributed by atoms with Gasteiger partial charge in [-0.05, 0) is 55.3 Å². The Kier molecular flexibility index (Phi) is 5.07. The SMILES string of the molecule is CC(=O)N(c1nc(/C=C/c2nc3ccccc3s2)cs1)c1cccc(C)c1C. The van der Waals surface area contributed by atoms with Gasteiger partial charge < -0.3 is 0 Å². The zero-order chi connectivity index (χ0) is 19.7. The lowest BCUT2D eigenvalue weighted by Crippen LogP contribution is -2.23. The highest BCUT2D eigenvalue weighted by Gasteiger charge is 2.19. The van der Waals surface area contributed by atoms with Crippen molar-refractivity contribution in [2.24, 2.45) is 0 Å². The van der Waals surface area contributed by atoms with E-state index < -0.39 is 0 Å². The molecular formula is C22H19N3OS2. The molecule has 2 aromatic carbocycles. The molecule has 6 heteroatoms. The van der Waals surface area contributed by atoms with Crippen LogP contribution in [0.4, 0.5) is 10.8 Å². The molecule has 0 unspecified atom stereocenters. The molecule has 0 saturated heterocycles. The van der Waals surface area contributed by atoms with Crippen molar-refractivity contribution in [2.45, 2.75) is 20.8 Å². The summed E-state index contributed by atoms with van der Waals surface area (Å²) < 4.78 is 1.17. The Morgan fingerprint density at radius 2 is 1.86 bits per heavy atom. The minimum atomic E-state index is -0.0512. The highest BCUT2D eigenvalue weighted by molar-refractivity contribution is 7.19. The fraction of sp³-hybridized carbons (Fsp3) is 0.136. The first-order chi connectivity index (χ1) is 13.5. The van der Waals surface area contributed by atoms with Gasteiger partial charge in [0.15, 0.2) is 5.13 Å². The van der Waals surface area contributed by atoms with Crippen LogP contribution in [0.1, 0.15) is 28.8 Å². The Labute approximate surface area is 171 Å². The van der Waals surface area contributed by atoms with Gasteiger partial charge in [-0.15, -0.1) is 22.7 Å². The molecule has 0 aliphatic carbocycles. The van der Waals surface area contributed by atoms with Gasteiger partial charge in [0.1, 0.15) is 5.01 Å². The monoisotopic (exact) mass is 405 g/mol. The molecule has 0 spiro atoms. The van der Waals surface area contributed by atoms with Gasteiger partial charge in [-0.25, -0.2) is 9.97 Å². The summed E-state index contributed by atoms with van der Waals surface area (Å²) in [6.07, 6.45) is 3.92. The summed E-state index contributed by atoms with van der Waals surface area (Å²) in [6, 6.07) is 14.1. The highest BCUT2D eigenvalue weighted by atomic mass is 32.1. The Bertz CT molecular complexity index is 1160. The van der Waals surface area contributed by atoms with Crippen molar-refractivity contribution in [3.63, 3.8) is 0 Å². The molecule has 0 atom stereocenters. The average Bonchev–Trinajstić information content (AvgIpc) is 3.30. The maximum Gasteiger partial charge on any atom is 0.230 e. The van der Waals surface area contributed by atoms with Crippen LogP contribution in [0, 0.1) is 13.8 Å². The third-order valence-electron chi connectivity index (χ3n) is 4.54. The highest BCUT2D eigenvalue weighted by Crippen LogP contribution is 2.33. The summed E-state index contributed by atoms with van der Waals surface area (Å²) in [4.78, 5) is 23.3. The van der Waals surface area contributed by atoms with Crippen LogP contribution in [0.5, 0.6) is 0 Å². The number of aromatic nitrogens is 2. The third-order valence-corrected chi connectivity index (χ3v) is 6.39. The molecule has 0 N–H and O–H groups in total. The maximum atomic E-state index is 12.4. The van der Waals surface area contributed by atoms with Gasteiger partial charge in [0.2, 0.25) is 5.91 Å². The number of carbonyl (C=O) groups is 1. The van der Waals surface area contributed by atoms with Crippen molar-refractivity contribution >= 4 is 61.8 Å². The van der Waals surface area contributed by atoms with E-state index in [-0.39, 0.29) is 5.91 Å². The predicted molar refractivity (Wildman–Crippen MR) is 119 cm³/mol. The van der Waals surface area contributed by atoms with E-state index in [9.17, 15) is 4.79 Å². The fourth-order valence-electron chi connectivity index (χ4n) is 2.96. The molecule has 0 aliphatic heterocycles. The van der Waals surface area contributed by atoms with Crippen molar-refractivity contribution in [3.05, 3.63) is 69.7 Å². The van der Waals surface area contributed by atoms with E-state index in [1.54, 1.807) is 23.2 Å². The molecule has 28 heavy (non-hydrogen) atoms. The van der Waals surface area contributed by atoms with Crippen molar-refractivity contribution in [2.75, 3.05) is 4.90 Å². The van der Waals surface area contributed by atoms with Gasteiger partial charge in [-0.3, -0.25) is 9.69 Å². The number of anilines is 2. The van der Waals surface area contributed by atoms with Crippen molar-refractivity contribution < 1.29 is 4.79 Å². The average molecular weight is 406 g/mol. The van der Waals surface area contributed by atoms with Crippen LogP contribution in [-0.4, -0.2) is 15.9 Å². The van der Waals surface area contributed by atoms with E-state index in [4.69, 9.17) is 0 Å². The van der Waals surface area contributed by atoms with Crippen LogP contribution in [0.2, 0.25) is 0 Å². The molecule has 0 bridgehead atoms. The van der Waals surface area contributed by atoms with Gasteiger partial charge in [0.05, 0.1) is 21.6 Å². The normalized spacial score (nSPS) is 11.4. The van der Waals surface area contributed by atoms with Gasteiger partial charge in [0.25, 0.3) is 0 Å². The van der Waals surface area contributed by atoms with Crippen molar-refractivity contribution in [1.29, 1.82) is 0 Å². The lowest BCUT2D eigenvalue weighted by Gasteiger charge is -2.21. The molecule has 0 saturated carbocycles. The Balaban J connectivity index is 1.63. The van der Waals surface area contributed by atoms with Crippen molar-refractivity contribution in [1.82, 2.24) is 9.97 Å². The number of para-hydroxylation sites is 1. The fourth-order valence-corrected chi connectivity index (χ4v) is 4.68. The smallest absolute Gasteiger partial charge is 0.230 e. The summed E-state index contributed by atoms with van der Waals surface area (Å²) in [6.45, 7) is 5.65. The molecular weight excluding hydrogens is 386 g/mol. The maximum absolute atomic E-state index is 12.4. The topological polar surface area (TPSA) is 46.1 Å². The Morgan fingerprint density at radius 3 is 2.64 bits per heavy atom. The minimum absolute atomic E-state index is 0.0512. The number of fused-ring (bicyclic) bond motifs is 1. The molecule has 2 heterocycles. The molecule has 4 aromatic rings. The van der Waals surface area contributed by atoms with Gasteiger partial charge in [-0.1, -0.05) is 24.3 Å². The predicted octanol–water partition coefficient (Wildman–Crippen LogP) is 6.22. The molecule has 4 rings (SSSR count). The third kappa shape index (κ3) is 3.61. The lowest BCUT2D eigenvalue weighted by molar-refractivity contribution is -0.115. The van der Waals surface area contributed by atoms with E-state index in [0.29, 0.717) is 5.13 Å². The number of benzene rings is 2. The van der Waals surface area contributed by atoms with E-state index in [2.05, 4.69) is 16.0 Å². The van der Waals surface area contributed by atoms with E-state index in [0.717, 1.165) is 33.0 Å². The first kappa shape index (κ1) is 18.5. The van der Waals surface area contributed by atoms with Gasteiger partial charge in [-0.2, -0.15) is 0 Å². The molecule has 1 amide bonds. The number of hydrogen-bond acceptors (Lipinski definition) is 5. The quantitative estimate of drug-likeness (QED) is 0.405. The zero-order valence-corrected chi connectivity index (χ0v) is 17.5. The second kappa shape index (κ2) is 7.66. The summed E-state index contributed by atoms with van der Waals surface area (Å²) in [5.74, 6) is -0.0512. The number of thiazole rings is 2. The van der Waals surface area contributed by atoms with E-state index >= 15 is 0 Å². The minimum Gasteiger partial charge on any atom is -0.274 e. The van der Waals surface area contributed by atoms with Crippen LogP contribution in [0.3, 0.4) is 0 Å². The number of aryl methyl sites for hydroxylation is 1. The van der Waals surface area contributed by atoms with Gasteiger partial charge >= 0.3 is 0 Å². The van der Waals surface area contributed by atoms with Gasteiger partial charge in [0, 0.05) is 12.3 Å².